The van der Waals surface area contributed by atoms with Gasteiger partial charge in [0.05, 0.1) is 11.9 Å². The van der Waals surface area contributed by atoms with Gasteiger partial charge in [0.1, 0.15) is 12.6 Å². The van der Waals surface area contributed by atoms with Crippen LogP contribution < -0.4 is 9.62 Å². The van der Waals surface area contributed by atoms with Crippen LogP contribution in [0, 0.1) is 19.8 Å². The molecule has 0 aliphatic rings. The summed E-state index contributed by atoms with van der Waals surface area (Å²) in [5.74, 6) is -0.477. The third-order valence-electron chi connectivity index (χ3n) is 5.43. The van der Waals surface area contributed by atoms with Crippen molar-refractivity contribution in [2.45, 2.75) is 47.2 Å². The molecule has 34 heavy (non-hydrogen) atoms. The van der Waals surface area contributed by atoms with Crippen molar-refractivity contribution in [1.29, 1.82) is 0 Å². The maximum atomic E-state index is 13.6. The van der Waals surface area contributed by atoms with Crippen LogP contribution in [0.1, 0.15) is 37.5 Å². The zero-order valence-electron chi connectivity index (χ0n) is 20.6. The first-order valence-electron chi connectivity index (χ1n) is 11.2. The molecule has 2 amide bonds. The smallest absolute Gasteiger partial charge is 0.244 e. The Balaban J connectivity index is 2.40. The third kappa shape index (κ3) is 7.84. The number of carbonyl (C=O) groups is 2. The molecule has 0 fully saturated rings. The third-order valence-corrected chi connectivity index (χ3v) is 7.09. The van der Waals surface area contributed by atoms with Gasteiger partial charge in [0, 0.05) is 17.6 Å². The van der Waals surface area contributed by atoms with Gasteiger partial charge in [-0.15, -0.1) is 0 Å². The van der Waals surface area contributed by atoms with Gasteiger partial charge in [-0.2, -0.15) is 0 Å². The number of nitrogens with one attached hydrogen (secondary N) is 1. The average Bonchev–Trinajstić information content (AvgIpc) is 2.75. The number of hydrogen-bond acceptors (Lipinski definition) is 4. The van der Waals surface area contributed by atoms with Gasteiger partial charge in [-0.05, 0) is 61.6 Å². The average molecular weight is 553 g/mol. The van der Waals surface area contributed by atoms with Gasteiger partial charge in [0.2, 0.25) is 21.8 Å². The minimum Gasteiger partial charge on any atom is -0.354 e. The molecule has 0 aromatic heterocycles. The Morgan fingerprint density at radius 1 is 1.03 bits per heavy atom. The van der Waals surface area contributed by atoms with Gasteiger partial charge in [0.15, 0.2) is 0 Å². The van der Waals surface area contributed by atoms with Crippen molar-refractivity contribution >= 4 is 43.5 Å². The summed E-state index contributed by atoms with van der Waals surface area (Å²) in [4.78, 5) is 27.8. The van der Waals surface area contributed by atoms with Gasteiger partial charge in [0.25, 0.3) is 0 Å². The molecule has 9 heteroatoms. The van der Waals surface area contributed by atoms with Gasteiger partial charge in [-0.3, -0.25) is 13.9 Å². The van der Waals surface area contributed by atoms with Crippen molar-refractivity contribution in [2.75, 3.05) is 23.7 Å². The molecule has 0 bridgehead atoms. The maximum absolute atomic E-state index is 13.6. The number of amides is 2. The van der Waals surface area contributed by atoms with E-state index < -0.39 is 28.5 Å². The van der Waals surface area contributed by atoms with Crippen LogP contribution in [0.3, 0.4) is 0 Å². The van der Waals surface area contributed by atoms with E-state index in [1.807, 2.05) is 57.2 Å². The van der Waals surface area contributed by atoms with Gasteiger partial charge in [-0.25, -0.2) is 8.42 Å². The fourth-order valence-electron chi connectivity index (χ4n) is 3.40. The zero-order chi connectivity index (χ0) is 25.6. The number of anilines is 1. The fourth-order valence-corrected chi connectivity index (χ4v) is 4.57. The zero-order valence-corrected chi connectivity index (χ0v) is 23.0. The molecule has 2 rings (SSSR count). The Hall–Kier alpha value is -2.39. The Morgan fingerprint density at radius 2 is 1.65 bits per heavy atom. The van der Waals surface area contributed by atoms with E-state index >= 15 is 0 Å². The molecule has 0 aliphatic heterocycles. The summed E-state index contributed by atoms with van der Waals surface area (Å²) in [6.07, 6.45) is 1.08. The largest absolute Gasteiger partial charge is 0.354 e. The lowest BCUT2D eigenvalue weighted by Crippen LogP contribution is -2.51. The van der Waals surface area contributed by atoms with E-state index in [9.17, 15) is 18.0 Å². The van der Waals surface area contributed by atoms with Gasteiger partial charge < -0.3 is 10.2 Å². The predicted octanol–water partition coefficient (Wildman–Crippen LogP) is 4.02. The van der Waals surface area contributed by atoms with E-state index in [0.29, 0.717) is 12.2 Å². The van der Waals surface area contributed by atoms with Crippen molar-refractivity contribution in [3.05, 3.63) is 63.6 Å². The van der Waals surface area contributed by atoms with E-state index in [1.54, 1.807) is 19.9 Å². The molecule has 0 heterocycles. The topological polar surface area (TPSA) is 86.8 Å². The van der Waals surface area contributed by atoms with Crippen LogP contribution in [0.4, 0.5) is 5.69 Å². The number of carbonyl (C=O) groups excluding carboxylic acids is 2. The highest BCUT2D eigenvalue weighted by Gasteiger charge is 2.30. The van der Waals surface area contributed by atoms with Crippen molar-refractivity contribution in [1.82, 2.24) is 10.2 Å². The standard InChI is InChI=1S/C25H34BrN3O4S/c1-17(2)14-27-25(31)20(5)28(15-21-9-11-22(26)12-10-21)24(30)16-29(34(6,32)33)23-13-18(3)7-8-19(23)4/h7-13,17,20H,14-16H2,1-6H3,(H,27,31). The van der Waals surface area contributed by atoms with Crippen LogP contribution >= 0.6 is 15.9 Å². The summed E-state index contributed by atoms with van der Waals surface area (Å²) in [5, 5.41) is 2.87. The molecule has 7 nitrogen and oxygen atoms in total. The van der Waals surface area contributed by atoms with E-state index in [1.165, 1.54) is 4.90 Å². The number of benzene rings is 2. The Morgan fingerprint density at radius 3 is 2.21 bits per heavy atom. The molecule has 0 saturated heterocycles. The highest BCUT2D eigenvalue weighted by atomic mass is 79.9. The summed E-state index contributed by atoms with van der Waals surface area (Å²) in [5.41, 5.74) is 2.91. The van der Waals surface area contributed by atoms with Crippen LogP contribution in [-0.4, -0.2) is 50.5 Å². The van der Waals surface area contributed by atoms with E-state index in [2.05, 4.69) is 21.2 Å². The Labute approximate surface area is 211 Å². The van der Waals surface area contributed by atoms with Gasteiger partial charge >= 0.3 is 0 Å². The molecule has 1 N–H and O–H groups in total. The molecule has 0 spiro atoms. The number of rotatable bonds is 10. The summed E-state index contributed by atoms with van der Waals surface area (Å²) < 4.78 is 27.4. The predicted molar refractivity (Wildman–Crippen MR) is 140 cm³/mol. The Kier molecular flexibility index (Phi) is 9.70. The second-order valence-corrected chi connectivity index (χ2v) is 11.8. The highest BCUT2D eigenvalue weighted by molar-refractivity contribution is 9.10. The van der Waals surface area contributed by atoms with Crippen LogP contribution in [-0.2, 0) is 26.2 Å². The van der Waals surface area contributed by atoms with Crippen molar-refractivity contribution in [3.8, 4) is 0 Å². The quantitative estimate of drug-likeness (QED) is 0.483. The second-order valence-electron chi connectivity index (χ2n) is 9.02. The van der Waals surface area contributed by atoms with Crippen molar-refractivity contribution < 1.29 is 18.0 Å². The minimum atomic E-state index is -3.75. The Bertz CT molecular complexity index is 1120. The molecule has 1 unspecified atom stereocenters. The van der Waals surface area contributed by atoms with E-state index in [0.717, 1.165) is 31.7 Å². The fraction of sp³-hybridized carbons (Fsp3) is 0.440. The molecular weight excluding hydrogens is 518 g/mol. The first kappa shape index (κ1) is 27.9. The van der Waals surface area contributed by atoms with E-state index in [4.69, 9.17) is 0 Å². The van der Waals surface area contributed by atoms with Crippen LogP contribution in [0.15, 0.2) is 46.9 Å². The number of hydrogen-bond donors (Lipinski definition) is 1. The van der Waals surface area contributed by atoms with Gasteiger partial charge in [-0.1, -0.05) is 54.0 Å². The minimum absolute atomic E-state index is 0.173. The highest BCUT2D eigenvalue weighted by Crippen LogP contribution is 2.24. The van der Waals surface area contributed by atoms with Crippen LogP contribution in [0.2, 0.25) is 0 Å². The molecular formula is C25H34BrN3O4S. The first-order valence-corrected chi connectivity index (χ1v) is 13.8. The van der Waals surface area contributed by atoms with E-state index in [-0.39, 0.29) is 18.4 Å². The molecule has 0 saturated carbocycles. The molecule has 2 aromatic rings. The number of sulfonamides is 1. The van der Waals surface area contributed by atoms with Crippen LogP contribution in [0.5, 0.6) is 0 Å². The van der Waals surface area contributed by atoms with Crippen LogP contribution in [0.25, 0.3) is 0 Å². The normalized spacial score (nSPS) is 12.4. The monoisotopic (exact) mass is 551 g/mol. The summed E-state index contributed by atoms with van der Waals surface area (Å²) in [6, 6.07) is 12.1. The van der Waals surface area contributed by atoms with Crippen molar-refractivity contribution in [3.63, 3.8) is 0 Å². The first-order chi connectivity index (χ1) is 15.8. The molecule has 186 valence electrons. The van der Waals surface area contributed by atoms with Crippen molar-refractivity contribution in [2.24, 2.45) is 5.92 Å². The number of aryl methyl sites for hydroxylation is 2. The summed E-state index contributed by atoms with van der Waals surface area (Å²) >= 11 is 3.40. The summed E-state index contributed by atoms with van der Waals surface area (Å²) in [7, 11) is -3.75. The molecule has 1 atom stereocenters. The molecule has 2 aromatic carbocycles. The molecule has 0 radical (unpaired) electrons. The second kappa shape index (κ2) is 11.8. The SMILES string of the molecule is Cc1ccc(C)c(N(CC(=O)N(Cc2ccc(Br)cc2)C(C)C(=O)NCC(C)C)S(C)(=O)=O)c1. The molecule has 0 aliphatic carbocycles. The summed E-state index contributed by atoms with van der Waals surface area (Å²) in [6.45, 7) is 9.57. The number of halogens is 1. The number of nitrogens with zero attached hydrogens (tertiary/aromatic N) is 2. The lowest BCUT2D eigenvalue weighted by Gasteiger charge is -2.32. The lowest BCUT2D eigenvalue weighted by atomic mass is 10.1. The lowest BCUT2D eigenvalue weighted by molar-refractivity contribution is -0.139. The maximum Gasteiger partial charge on any atom is 0.244 e.